The van der Waals surface area contributed by atoms with Crippen LogP contribution in [-0.2, 0) is 19.1 Å². The molecule has 1 fully saturated rings. The van der Waals surface area contributed by atoms with E-state index in [2.05, 4.69) is 4.74 Å². The first-order valence-corrected chi connectivity index (χ1v) is 3.39. The van der Waals surface area contributed by atoms with Gasteiger partial charge in [0.25, 0.3) is 0 Å². The standard InChI is InChI=1S/C7H10O4/c1-4-6(7(9)10-2)5(8)3-11-4/h4,6H,3H2,1-2H3. The number of hydrogen-bond donors (Lipinski definition) is 0. The highest BCUT2D eigenvalue weighted by Gasteiger charge is 2.39. The fraction of sp³-hybridized carbons (Fsp3) is 0.714. The molecule has 0 aromatic carbocycles. The summed E-state index contributed by atoms with van der Waals surface area (Å²) in [7, 11) is 1.26. The third-order valence-corrected chi connectivity index (χ3v) is 1.76. The molecule has 2 unspecified atom stereocenters. The van der Waals surface area contributed by atoms with Crippen molar-refractivity contribution in [2.45, 2.75) is 13.0 Å². The van der Waals surface area contributed by atoms with E-state index in [-0.39, 0.29) is 18.5 Å². The quantitative estimate of drug-likeness (QED) is 0.390. The first-order chi connectivity index (χ1) is 5.16. The first-order valence-electron chi connectivity index (χ1n) is 3.39. The molecule has 0 aromatic heterocycles. The van der Waals surface area contributed by atoms with Gasteiger partial charge in [0.05, 0.1) is 13.2 Å². The molecule has 1 aliphatic rings. The Balaban J connectivity index is 2.68. The van der Waals surface area contributed by atoms with Crippen LogP contribution in [0.4, 0.5) is 0 Å². The molecule has 11 heavy (non-hydrogen) atoms. The minimum atomic E-state index is -0.708. The Morgan fingerprint density at radius 1 is 1.73 bits per heavy atom. The van der Waals surface area contributed by atoms with Crippen molar-refractivity contribution < 1.29 is 19.1 Å². The molecular weight excluding hydrogens is 148 g/mol. The summed E-state index contributed by atoms with van der Waals surface area (Å²) in [5, 5.41) is 0. The number of ether oxygens (including phenoxy) is 2. The van der Waals surface area contributed by atoms with E-state index in [4.69, 9.17) is 4.74 Å². The van der Waals surface area contributed by atoms with Crippen LogP contribution in [0.15, 0.2) is 0 Å². The summed E-state index contributed by atoms with van der Waals surface area (Å²) in [5.41, 5.74) is 0. The van der Waals surface area contributed by atoms with E-state index in [0.717, 1.165) is 0 Å². The van der Waals surface area contributed by atoms with E-state index >= 15 is 0 Å². The van der Waals surface area contributed by atoms with Crippen molar-refractivity contribution in [2.24, 2.45) is 5.92 Å². The third kappa shape index (κ3) is 1.40. The van der Waals surface area contributed by atoms with Gasteiger partial charge in [0.1, 0.15) is 12.5 Å². The van der Waals surface area contributed by atoms with Crippen molar-refractivity contribution in [1.29, 1.82) is 0 Å². The van der Waals surface area contributed by atoms with Gasteiger partial charge in [0.15, 0.2) is 5.78 Å². The van der Waals surface area contributed by atoms with Crippen molar-refractivity contribution in [3.8, 4) is 0 Å². The number of esters is 1. The summed E-state index contributed by atoms with van der Waals surface area (Å²) in [4.78, 5) is 21.9. The van der Waals surface area contributed by atoms with Gasteiger partial charge in [-0.1, -0.05) is 0 Å². The van der Waals surface area contributed by atoms with Gasteiger partial charge in [0.2, 0.25) is 0 Å². The highest BCUT2D eigenvalue weighted by molar-refractivity contribution is 6.01. The monoisotopic (exact) mass is 158 g/mol. The van der Waals surface area contributed by atoms with Crippen LogP contribution >= 0.6 is 0 Å². The Morgan fingerprint density at radius 3 is 2.73 bits per heavy atom. The van der Waals surface area contributed by atoms with E-state index in [9.17, 15) is 9.59 Å². The van der Waals surface area contributed by atoms with E-state index in [1.807, 2.05) is 0 Å². The van der Waals surface area contributed by atoms with Gasteiger partial charge in [-0.3, -0.25) is 9.59 Å². The molecule has 1 rings (SSSR count). The lowest BCUT2D eigenvalue weighted by molar-refractivity contribution is -0.149. The molecule has 0 N–H and O–H groups in total. The predicted molar refractivity (Wildman–Crippen MR) is 35.9 cm³/mol. The fourth-order valence-electron chi connectivity index (χ4n) is 1.11. The molecule has 62 valence electrons. The van der Waals surface area contributed by atoms with E-state index in [0.29, 0.717) is 0 Å². The Kier molecular flexibility index (Phi) is 2.24. The van der Waals surface area contributed by atoms with Gasteiger partial charge in [-0.25, -0.2) is 0 Å². The van der Waals surface area contributed by atoms with Crippen LogP contribution in [0.1, 0.15) is 6.92 Å². The average molecular weight is 158 g/mol. The third-order valence-electron chi connectivity index (χ3n) is 1.76. The largest absolute Gasteiger partial charge is 0.468 e. The maximum Gasteiger partial charge on any atom is 0.318 e. The Morgan fingerprint density at radius 2 is 2.36 bits per heavy atom. The summed E-state index contributed by atoms with van der Waals surface area (Å²) in [6, 6.07) is 0. The molecular formula is C7H10O4. The van der Waals surface area contributed by atoms with Crippen LogP contribution in [0.25, 0.3) is 0 Å². The molecule has 0 saturated carbocycles. The number of hydrogen-bond acceptors (Lipinski definition) is 4. The number of Topliss-reactive ketones (excluding diaryl/α,β-unsaturated/α-hetero) is 1. The molecule has 2 atom stereocenters. The summed E-state index contributed by atoms with van der Waals surface area (Å²) < 4.78 is 9.39. The second-order valence-electron chi connectivity index (χ2n) is 2.48. The number of carbonyl (C=O) groups is 2. The van der Waals surface area contributed by atoms with Crippen molar-refractivity contribution in [2.75, 3.05) is 13.7 Å². The molecule has 0 bridgehead atoms. The van der Waals surface area contributed by atoms with Crippen molar-refractivity contribution in [3.05, 3.63) is 0 Å². The predicted octanol–water partition coefficient (Wildman–Crippen LogP) is -0.237. The molecule has 4 heteroatoms. The maximum atomic E-state index is 11.0. The normalized spacial score (nSPS) is 30.5. The van der Waals surface area contributed by atoms with E-state index in [1.165, 1.54) is 7.11 Å². The maximum absolute atomic E-state index is 11.0. The smallest absolute Gasteiger partial charge is 0.318 e. The zero-order valence-corrected chi connectivity index (χ0v) is 6.49. The molecule has 0 aliphatic carbocycles. The van der Waals surface area contributed by atoms with Gasteiger partial charge in [-0.2, -0.15) is 0 Å². The lowest BCUT2D eigenvalue weighted by atomic mass is 10.0. The van der Waals surface area contributed by atoms with Gasteiger partial charge in [0, 0.05) is 0 Å². The number of ketones is 1. The SMILES string of the molecule is COC(=O)C1C(=O)COC1C. The second-order valence-corrected chi connectivity index (χ2v) is 2.48. The Labute approximate surface area is 64.5 Å². The zero-order valence-electron chi connectivity index (χ0n) is 6.49. The van der Waals surface area contributed by atoms with Crippen LogP contribution in [-0.4, -0.2) is 31.6 Å². The molecule has 0 radical (unpaired) electrons. The molecule has 1 heterocycles. The summed E-state index contributed by atoms with van der Waals surface area (Å²) in [6.07, 6.45) is -0.338. The molecule has 4 nitrogen and oxygen atoms in total. The number of rotatable bonds is 1. The van der Waals surface area contributed by atoms with Gasteiger partial charge >= 0.3 is 5.97 Å². The van der Waals surface area contributed by atoms with E-state index < -0.39 is 11.9 Å². The van der Waals surface area contributed by atoms with Gasteiger partial charge in [-0.15, -0.1) is 0 Å². The Hall–Kier alpha value is -0.900. The first kappa shape index (κ1) is 8.20. The Bertz CT molecular complexity index is 187. The molecule has 1 aliphatic heterocycles. The number of carbonyl (C=O) groups excluding carboxylic acids is 2. The van der Waals surface area contributed by atoms with Gasteiger partial charge in [-0.05, 0) is 6.92 Å². The van der Waals surface area contributed by atoms with Crippen LogP contribution in [0.2, 0.25) is 0 Å². The topological polar surface area (TPSA) is 52.6 Å². The van der Waals surface area contributed by atoms with Crippen LogP contribution < -0.4 is 0 Å². The van der Waals surface area contributed by atoms with Crippen LogP contribution in [0.3, 0.4) is 0 Å². The molecule has 0 aromatic rings. The lowest BCUT2D eigenvalue weighted by Gasteiger charge is -2.08. The van der Waals surface area contributed by atoms with Crippen molar-refractivity contribution >= 4 is 11.8 Å². The minimum absolute atomic E-state index is 0.0287. The molecule has 0 spiro atoms. The fourth-order valence-corrected chi connectivity index (χ4v) is 1.11. The van der Waals surface area contributed by atoms with Crippen molar-refractivity contribution in [3.63, 3.8) is 0 Å². The lowest BCUT2D eigenvalue weighted by Crippen LogP contribution is -2.28. The van der Waals surface area contributed by atoms with E-state index in [1.54, 1.807) is 6.92 Å². The highest BCUT2D eigenvalue weighted by Crippen LogP contribution is 2.18. The van der Waals surface area contributed by atoms with Crippen molar-refractivity contribution in [1.82, 2.24) is 0 Å². The summed E-state index contributed by atoms with van der Waals surface area (Å²) >= 11 is 0. The average Bonchev–Trinajstić information content (AvgIpc) is 2.30. The van der Waals surface area contributed by atoms with Crippen LogP contribution in [0.5, 0.6) is 0 Å². The molecule has 1 saturated heterocycles. The zero-order chi connectivity index (χ0) is 8.43. The van der Waals surface area contributed by atoms with Gasteiger partial charge < -0.3 is 9.47 Å². The van der Waals surface area contributed by atoms with Crippen LogP contribution in [0, 0.1) is 5.92 Å². The highest BCUT2D eigenvalue weighted by atomic mass is 16.5. The second kappa shape index (κ2) is 3.00. The summed E-state index contributed by atoms with van der Waals surface area (Å²) in [6.45, 7) is 1.72. The number of methoxy groups -OCH3 is 1. The molecule has 0 amide bonds. The summed E-state index contributed by atoms with van der Waals surface area (Å²) in [5.74, 6) is -1.40. The minimum Gasteiger partial charge on any atom is -0.468 e.